The topological polar surface area (TPSA) is 88.5 Å². The number of hydrogen-bond donors (Lipinski definition) is 2. The summed E-state index contributed by atoms with van der Waals surface area (Å²) in [7, 11) is 0. The third-order valence-corrected chi connectivity index (χ3v) is 4.06. The van der Waals surface area contributed by atoms with Crippen LogP contribution in [0.25, 0.3) is 0 Å². The number of carbonyl (C=O) groups excluding carboxylic acids is 1. The molecule has 1 heterocycles. The molecule has 0 spiro atoms. The van der Waals surface area contributed by atoms with Gasteiger partial charge in [0.15, 0.2) is 0 Å². The smallest absolute Gasteiger partial charge is 0.303 e. The summed E-state index contributed by atoms with van der Waals surface area (Å²) in [4.78, 5) is 27.1. The van der Waals surface area contributed by atoms with Gasteiger partial charge in [0.2, 0.25) is 0 Å². The zero-order valence-corrected chi connectivity index (χ0v) is 13.6. The largest absolute Gasteiger partial charge is 0.494 e. The second-order valence-corrected chi connectivity index (χ2v) is 5.79. The lowest BCUT2D eigenvalue weighted by Crippen LogP contribution is -2.22. The molecule has 1 aromatic carbocycles. The number of carboxylic acids is 1. The SMILES string of the molecule is Cc1ncsc1C(=O)NCc1ccc(OCCCC(=O)O)cc1. The van der Waals surface area contributed by atoms with Crippen molar-refractivity contribution >= 4 is 23.2 Å². The Hall–Kier alpha value is -2.41. The Morgan fingerprint density at radius 2 is 2.04 bits per heavy atom. The van der Waals surface area contributed by atoms with Gasteiger partial charge < -0.3 is 15.2 Å². The predicted molar refractivity (Wildman–Crippen MR) is 86.8 cm³/mol. The van der Waals surface area contributed by atoms with Crippen LogP contribution in [-0.2, 0) is 11.3 Å². The van der Waals surface area contributed by atoms with Crippen LogP contribution in [0.5, 0.6) is 5.75 Å². The number of aromatic nitrogens is 1. The lowest BCUT2D eigenvalue weighted by molar-refractivity contribution is -0.137. The summed E-state index contributed by atoms with van der Waals surface area (Å²) in [6.45, 7) is 2.60. The molecule has 0 fully saturated rings. The minimum Gasteiger partial charge on any atom is -0.494 e. The molecular weight excluding hydrogens is 316 g/mol. The normalized spacial score (nSPS) is 10.3. The molecule has 1 aromatic heterocycles. The van der Waals surface area contributed by atoms with E-state index in [2.05, 4.69) is 10.3 Å². The second-order valence-electron chi connectivity index (χ2n) is 4.94. The van der Waals surface area contributed by atoms with E-state index in [-0.39, 0.29) is 12.3 Å². The summed E-state index contributed by atoms with van der Waals surface area (Å²) in [6.07, 6.45) is 0.572. The lowest BCUT2D eigenvalue weighted by atomic mass is 10.2. The van der Waals surface area contributed by atoms with E-state index in [1.54, 1.807) is 17.6 Å². The van der Waals surface area contributed by atoms with Gasteiger partial charge in [0.25, 0.3) is 5.91 Å². The first-order chi connectivity index (χ1) is 11.1. The molecule has 0 aliphatic heterocycles. The Morgan fingerprint density at radius 1 is 1.30 bits per heavy atom. The minimum absolute atomic E-state index is 0.0983. The number of hydrogen-bond acceptors (Lipinski definition) is 5. The first kappa shape index (κ1) is 17.0. The fourth-order valence-corrected chi connectivity index (χ4v) is 2.62. The Labute approximate surface area is 138 Å². The number of benzene rings is 1. The third kappa shape index (κ3) is 5.37. The summed E-state index contributed by atoms with van der Waals surface area (Å²) in [5.74, 6) is -0.265. The fraction of sp³-hybridized carbons (Fsp3) is 0.312. The van der Waals surface area contributed by atoms with Crippen molar-refractivity contribution in [3.05, 3.63) is 45.9 Å². The van der Waals surface area contributed by atoms with Crippen molar-refractivity contribution in [2.24, 2.45) is 0 Å². The zero-order chi connectivity index (χ0) is 16.7. The monoisotopic (exact) mass is 334 g/mol. The van der Waals surface area contributed by atoms with Gasteiger partial charge in [-0.15, -0.1) is 11.3 Å². The highest BCUT2D eigenvalue weighted by Gasteiger charge is 2.10. The van der Waals surface area contributed by atoms with Gasteiger partial charge in [0.05, 0.1) is 17.8 Å². The first-order valence-electron chi connectivity index (χ1n) is 7.18. The molecule has 0 bridgehead atoms. The number of carbonyl (C=O) groups is 2. The average Bonchev–Trinajstić information content (AvgIpc) is 2.96. The van der Waals surface area contributed by atoms with Crippen LogP contribution < -0.4 is 10.1 Å². The van der Waals surface area contributed by atoms with Crippen LogP contribution in [-0.4, -0.2) is 28.6 Å². The van der Waals surface area contributed by atoms with E-state index in [0.29, 0.717) is 30.2 Å². The van der Waals surface area contributed by atoms with E-state index in [9.17, 15) is 9.59 Å². The molecule has 0 atom stereocenters. The first-order valence-corrected chi connectivity index (χ1v) is 8.06. The standard InChI is InChI=1S/C16H18N2O4S/c1-11-15(23-10-18-11)16(21)17-9-12-4-6-13(7-5-12)22-8-2-3-14(19)20/h4-7,10H,2-3,8-9H2,1H3,(H,17,21)(H,19,20). The fourth-order valence-electron chi connectivity index (χ4n) is 1.90. The van der Waals surface area contributed by atoms with Crippen LogP contribution in [0, 0.1) is 6.92 Å². The number of nitrogens with one attached hydrogen (secondary N) is 1. The van der Waals surface area contributed by atoms with Crippen LogP contribution in [0.2, 0.25) is 0 Å². The molecule has 7 heteroatoms. The van der Waals surface area contributed by atoms with Gasteiger partial charge in [-0.3, -0.25) is 9.59 Å². The molecule has 2 aromatic rings. The van der Waals surface area contributed by atoms with Gasteiger partial charge in [-0.05, 0) is 31.0 Å². The lowest BCUT2D eigenvalue weighted by Gasteiger charge is -2.07. The van der Waals surface area contributed by atoms with Crippen molar-refractivity contribution in [2.45, 2.75) is 26.3 Å². The summed E-state index contributed by atoms with van der Waals surface area (Å²) in [5, 5.41) is 11.4. The van der Waals surface area contributed by atoms with E-state index in [0.717, 1.165) is 11.3 Å². The van der Waals surface area contributed by atoms with Gasteiger partial charge in [-0.2, -0.15) is 0 Å². The number of thiazole rings is 1. The van der Waals surface area contributed by atoms with E-state index in [1.165, 1.54) is 11.3 Å². The number of ether oxygens (including phenoxy) is 1. The number of rotatable bonds is 8. The Morgan fingerprint density at radius 3 is 2.65 bits per heavy atom. The summed E-state index contributed by atoms with van der Waals surface area (Å²) < 4.78 is 5.45. The van der Waals surface area contributed by atoms with Crippen molar-refractivity contribution in [3.8, 4) is 5.75 Å². The predicted octanol–water partition coefficient (Wildman–Crippen LogP) is 2.63. The molecule has 0 aliphatic rings. The van der Waals surface area contributed by atoms with Crippen LogP contribution in [0.15, 0.2) is 29.8 Å². The zero-order valence-electron chi connectivity index (χ0n) is 12.7. The molecule has 2 N–H and O–H groups in total. The molecule has 0 saturated heterocycles. The van der Waals surface area contributed by atoms with Gasteiger partial charge in [-0.1, -0.05) is 12.1 Å². The number of amides is 1. The van der Waals surface area contributed by atoms with Gasteiger partial charge in [0.1, 0.15) is 10.6 Å². The van der Waals surface area contributed by atoms with Crippen LogP contribution in [0.4, 0.5) is 0 Å². The van der Waals surface area contributed by atoms with Crippen molar-refractivity contribution in [1.29, 1.82) is 0 Å². The Kier molecular flexibility index (Phi) is 6.10. The maximum atomic E-state index is 12.0. The van der Waals surface area contributed by atoms with E-state index < -0.39 is 5.97 Å². The Balaban J connectivity index is 1.77. The van der Waals surface area contributed by atoms with Crippen LogP contribution in [0.1, 0.15) is 33.8 Å². The number of aryl methyl sites for hydroxylation is 1. The quantitative estimate of drug-likeness (QED) is 0.725. The Bertz CT molecular complexity index is 667. The van der Waals surface area contributed by atoms with Crippen LogP contribution >= 0.6 is 11.3 Å². The van der Waals surface area contributed by atoms with Crippen LogP contribution in [0.3, 0.4) is 0 Å². The number of nitrogens with zero attached hydrogens (tertiary/aromatic N) is 1. The van der Waals surface area contributed by atoms with Crippen molar-refractivity contribution in [1.82, 2.24) is 10.3 Å². The average molecular weight is 334 g/mol. The molecule has 122 valence electrons. The maximum Gasteiger partial charge on any atom is 0.303 e. The number of carboxylic acid groups (broad SMARTS) is 1. The van der Waals surface area contributed by atoms with Crippen molar-refractivity contribution in [2.75, 3.05) is 6.61 Å². The number of aliphatic carboxylic acids is 1. The highest BCUT2D eigenvalue weighted by molar-refractivity contribution is 7.11. The maximum absolute atomic E-state index is 12.0. The third-order valence-electron chi connectivity index (χ3n) is 3.13. The molecule has 0 saturated carbocycles. The van der Waals surface area contributed by atoms with Crippen molar-refractivity contribution < 1.29 is 19.4 Å². The second kappa shape index (κ2) is 8.28. The molecule has 0 unspecified atom stereocenters. The summed E-state index contributed by atoms with van der Waals surface area (Å²) in [6, 6.07) is 7.35. The summed E-state index contributed by atoms with van der Waals surface area (Å²) >= 11 is 1.32. The van der Waals surface area contributed by atoms with E-state index in [1.807, 2.05) is 19.1 Å². The van der Waals surface area contributed by atoms with Gasteiger partial charge in [0, 0.05) is 13.0 Å². The molecule has 0 aliphatic carbocycles. The molecule has 6 nitrogen and oxygen atoms in total. The molecule has 0 radical (unpaired) electrons. The van der Waals surface area contributed by atoms with E-state index >= 15 is 0 Å². The summed E-state index contributed by atoms with van der Waals surface area (Å²) in [5.41, 5.74) is 3.34. The highest BCUT2D eigenvalue weighted by Crippen LogP contribution is 2.14. The van der Waals surface area contributed by atoms with E-state index in [4.69, 9.17) is 9.84 Å². The van der Waals surface area contributed by atoms with Gasteiger partial charge >= 0.3 is 5.97 Å². The molecule has 23 heavy (non-hydrogen) atoms. The molecule has 1 amide bonds. The minimum atomic E-state index is -0.823. The molecule has 2 rings (SSSR count). The highest BCUT2D eigenvalue weighted by atomic mass is 32.1. The van der Waals surface area contributed by atoms with Crippen molar-refractivity contribution in [3.63, 3.8) is 0 Å². The van der Waals surface area contributed by atoms with Gasteiger partial charge in [-0.25, -0.2) is 4.98 Å². The molecular formula is C16H18N2O4S.